The van der Waals surface area contributed by atoms with Crippen molar-refractivity contribution in [3.05, 3.63) is 24.3 Å². The van der Waals surface area contributed by atoms with E-state index in [1.54, 1.807) is 4.90 Å². The Labute approximate surface area is 139 Å². The highest BCUT2D eigenvalue weighted by atomic mass is 16.6. The van der Waals surface area contributed by atoms with Crippen LogP contribution in [-0.2, 0) is 4.74 Å². The predicted octanol–water partition coefficient (Wildman–Crippen LogP) is 3.56. The fourth-order valence-corrected chi connectivity index (χ4v) is 2.64. The summed E-state index contributed by atoms with van der Waals surface area (Å²) in [5.41, 5.74) is 1.88. The summed E-state index contributed by atoms with van der Waals surface area (Å²) in [4.78, 5) is 16.0. The number of amides is 1. The van der Waals surface area contributed by atoms with Gasteiger partial charge >= 0.3 is 6.09 Å². The molecule has 1 aliphatic heterocycles. The summed E-state index contributed by atoms with van der Waals surface area (Å²) in [6, 6.07) is 8.79. The number of nitrogens with zero attached hydrogens (tertiary/aromatic N) is 2. The smallest absolute Gasteiger partial charge is 0.410 e. The van der Waals surface area contributed by atoms with Gasteiger partial charge in [0, 0.05) is 44.6 Å². The molecule has 0 aromatic heterocycles. The number of carbonyl (C=O) groups excluding carboxylic acids is 1. The minimum atomic E-state index is -0.432. The Morgan fingerprint density at radius 2 is 1.91 bits per heavy atom. The summed E-state index contributed by atoms with van der Waals surface area (Å²) in [7, 11) is 4.08. The average Bonchev–Trinajstić information content (AvgIpc) is 2.46. The van der Waals surface area contributed by atoms with Gasteiger partial charge in [0.25, 0.3) is 0 Å². The van der Waals surface area contributed by atoms with Crippen LogP contribution < -0.4 is 10.2 Å². The third-order valence-electron chi connectivity index (χ3n) is 3.88. The highest BCUT2D eigenvalue weighted by Crippen LogP contribution is 2.22. The Bertz CT molecular complexity index is 529. The van der Waals surface area contributed by atoms with Crippen LogP contribution in [0.5, 0.6) is 0 Å². The second kappa shape index (κ2) is 7.11. The zero-order valence-corrected chi connectivity index (χ0v) is 14.9. The molecule has 1 aliphatic rings. The highest BCUT2D eigenvalue weighted by Gasteiger charge is 2.26. The Hall–Kier alpha value is -1.91. The largest absolute Gasteiger partial charge is 0.444 e. The zero-order valence-electron chi connectivity index (χ0n) is 14.9. The third kappa shape index (κ3) is 5.34. The van der Waals surface area contributed by atoms with Crippen molar-refractivity contribution in [3.63, 3.8) is 0 Å². The van der Waals surface area contributed by atoms with Gasteiger partial charge in [-0.2, -0.15) is 0 Å². The van der Waals surface area contributed by atoms with Crippen molar-refractivity contribution in [3.8, 4) is 0 Å². The number of anilines is 2. The molecule has 0 bridgehead atoms. The van der Waals surface area contributed by atoms with Crippen LogP contribution in [0.4, 0.5) is 16.2 Å². The van der Waals surface area contributed by atoms with E-state index in [0.29, 0.717) is 6.04 Å². The minimum Gasteiger partial charge on any atom is -0.444 e. The summed E-state index contributed by atoms with van der Waals surface area (Å²) < 4.78 is 5.43. The second-order valence-corrected chi connectivity index (χ2v) is 7.33. The number of piperidine rings is 1. The molecule has 1 aromatic rings. The van der Waals surface area contributed by atoms with Gasteiger partial charge in [-0.05, 0) is 51.8 Å². The SMILES string of the molecule is CN(C)c1cccc(NC2CCN(C(=O)OC(C)(C)C)CC2)c1. The van der Waals surface area contributed by atoms with Crippen molar-refractivity contribution in [2.24, 2.45) is 0 Å². The second-order valence-electron chi connectivity index (χ2n) is 7.33. The molecule has 1 saturated heterocycles. The average molecular weight is 319 g/mol. The lowest BCUT2D eigenvalue weighted by Crippen LogP contribution is -2.44. The molecule has 1 aromatic carbocycles. The van der Waals surface area contributed by atoms with Crippen LogP contribution in [0.2, 0.25) is 0 Å². The number of carbonyl (C=O) groups is 1. The number of hydrogen-bond donors (Lipinski definition) is 1. The molecule has 1 N–H and O–H groups in total. The van der Waals surface area contributed by atoms with Gasteiger partial charge in [-0.25, -0.2) is 4.79 Å². The first kappa shape index (κ1) is 17.4. The maximum Gasteiger partial charge on any atom is 0.410 e. The van der Waals surface area contributed by atoms with E-state index in [-0.39, 0.29) is 6.09 Å². The molecule has 1 heterocycles. The molecule has 5 heteroatoms. The minimum absolute atomic E-state index is 0.203. The van der Waals surface area contributed by atoms with Crippen LogP contribution in [0.3, 0.4) is 0 Å². The summed E-state index contributed by atoms with van der Waals surface area (Å²) in [6.45, 7) is 7.17. The molecule has 1 fully saturated rings. The first-order valence-corrected chi connectivity index (χ1v) is 8.26. The van der Waals surface area contributed by atoms with Crippen LogP contribution in [0, 0.1) is 0 Å². The van der Waals surface area contributed by atoms with Gasteiger partial charge in [0.15, 0.2) is 0 Å². The summed E-state index contributed by atoms with van der Waals surface area (Å²) in [5, 5.41) is 3.58. The first-order valence-electron chi connectivity index (χ1n) is 8.26. The van der Waals surface area contributed by atoms with E-state index >= 15 is 0 Å². The van der Waals surface area contributed by atoms with E-state index in [4.69, 9.17) is 4.74 Å². The molecule has 0 radical (unpaired) electrons. The predicted molar refractivity (Wildman–Crippen MR) is 95.2 cm³/mol. The molecule has 0 aliphatic carbocycles. The molecule has 128 valence electrons. The molecule has 2 rings (SSSR count). The molecule has 1 amide bonds. The lowest BCUT2D eigenvalue weighted by Gasteiger charge is -2.34. The van der Waals surface area contributed by atoms with Crippen molar-refractivity contribution in [1.82, 2.24) is 4.90 Å². The van der Waals surface area contributed by atoms with Gasteiger partial charge in [-0.3, -0.25) is 0 Å². The fraction of sp³-hybridized carbons (Fsp3) is 0.611. The van der Waals surface area contributed by atoms with Crippen molar-refractivity contribution in [2.75, 3.05) is 37.4 Å². The number of benzene rings is 1. The van der Waals surface area contributed by atoms with Crippen LogP contribution in [0.1, 0.15) is 33.6 Å². The van der Waals surface area contributed by atoms with E-state index in [9.17, 15) is 4.79 Å². The quantitative estimate of drug-likeness (QED) is 0.925. The van der Waals surface area contributed by atoms with Gasteiger partial charge in [0.1, 0.15) is 5.60 Å². The van der Waals surface area contributed by atoms with Gasteiger partial charge in [-0.1, -0.05) is 6.07 Å². The van der Waals surface area contributed by atoms with Crippen molar-refractivity contribution >= 4 is 17.5 Å². The molecule has 0 unspecified atom stereocenters. The monoisotopic (exact) mass is 319 g/mol. The van der Waals surface area contributed by atoms with Crippen LogP contribution in [0.25, 0.3) is 0 Å². The zero-order chi connectivity index (χ0) is 17.0. The Morgan fingerprint density at radius 1 is 1.26 bits per heavy atom. The topological polar surface area (TPSA) is 44.8 Å². The molecule has 0 atom stereocenters. The fourth-order valence-electron chi connectivity index (χ4n) is 2.64. The summed E-state index contributed by atoms with van der Waals surface area (Å²) in [5.74, 6) is 0. The summed E-state index contributed by atoms with van der Waals surface area (Å²) >= 11 is 0. The van der Waals surface area contributed by atoms with Gasteiger partial charge in [0.05, 0.1) is 0 Å². The van der Waals surface area contributed by atoms with Gasteiger partial charge in [-0.15, -0.1) is 0 Å². The van der Waals surface area contributed by atoms with E-state index in [2.05, 4.69) is 34.5 Å². The van der Waals surface area contributed by atoms with E-state index in [0.717, 1.165) is 31.6 Å². The molecule has 5 nitrogen and oxygen atoms in total. The van der Waals surface area contributed by atoms with E-state index in [1.807, 2.05) is 34.9 Å². The van der Waals surface area contributed by atoms with Gasteiger partial charge < -0.3 is 19.9 Å². The first-order chi connectivity index (χ1) is 10.7. The lowest BCUT2D eigenvalue weighted by atomic mass is 10.0. The lowest BCUT2D eigenvalue weighted by molar-refractivity contribution is 0.0210. The van der Waals surface area contributed by atoms with Crippen LogP contribution in [-0.4, -0.2) is 49.8 Å². The number of hydrogen-bond acceptors (Lipinski definition) is 4. The van der Waals surface area contributed by atoms with E-state index < -0.39 is 5.60 Å². The van der Waals surface area contributed by atoms with Crippen LogP contribution in [0.15, 0.2) is 24.3 Å². The van der Waals surface area contributed by atoms with E-state index in [1.165, 1.54) is 5.69 Å². The van der Waals surface area contributed by atoms with Crippen molar-refractivity contribution in [1.29, 1.82) is 0 Å². The molecule has 0 saturated carbocycles. The number of ether oxygens (including phenoxy) is 1. The molecular weight excluding hydrogens is 290 g/mol. The molecule has 0 spiro atoms. The maximum atomic E-state index is 12.1. The van der Waals surface area contributed by atoms with Crippen LogP contribution >= 0.6 is 0 Å². The Morgan fingerprint density at radius 3 is 2.48 bits per heavy atom. The molecular formula is C18H29N3O2. The third-order valence-corrected chi connectivity index (χ3v) is 3.88. The number of nitrogens with one attached hydrogen (secondary N) is 1. The number of rotatable bonds is 3. The number of likely N-dealkylation sites (tertiary alicyclic amines) is 1. The molecule has 23 heavy (non-hydrogen) atoms. The van der Waals surface area contributed by atoms with Crippen molar-refractivity contribution in [2.45, 2.75) is 45.3 Å². The van der Waals surface area contributed by atoms with Gasteiger partial charge in [0.2, 0.25) is 0 Å². The highest BCUT2D eigenvalue weighted by molar-refractivity contribution is 5.68. The Kier molecular flexibility index (Phi) is 5.39. The van der Waals surface area contributed by atoms with Crippen molar-refractivity contribution < 1.29 is 9.53 Å². The standard InChI is InChI=1S/C18H29N3O2/c1-18(2,3)23-17(22)21-11-9-14(10-12-21)19-15-7-6-8-16(13-15)20(4)5/h6-8,13-14,19H,9-12H2,1-5H3. The normalized spacial score (nSPS) is 16.1. The maximum absolute atomic E-state index is 12.1. The summed E-state index contributed by atoms with van der Waals surface area (Å²) in [6.07, 6.45) is 1.67. The Balaban J connectivity index is 1.85.